The highest BCUT2D eigenvalue weighted by Crippen LogP contribution is 2.22. The molecule has 0 aliphatic carbocycles. The summed E-state index contributed by atoms with van der Waals surface area (Å²) in [6.07, 6.45) is 2.57. The van der Waals surface area contributed by atoms with Crippen LogP contribution in [0.5, 0.6) is 0 Å². The predicted molar refractivity (Wildman–Crippen MR) is 75.7 cm³/mol. The van der Waals surface area contributed by atoms with Gasteiger partial charge in [-0.15, -0.1) is 23.7 Å². The summed E-state index contributed by atoms with van der Waals surface area (Å²) in [4.78, 5) is 8.24. The van der Waals surface area contributed by atoms with Gasteiger partial charge in [0, 0.05) is 24.0 Å². The molecule has 2 unspecified atom stereocenters. The number of nitrogens with zero attached hydrogens (tertiary/aromatic N) is 2. The Morgan fingerprint density at radius 1 is 1.65 bits per heavy atom. The van der Waals surface area contributed by atoms with Crippen LogP contribution >= 0.6 is 23.7 Å². The van der Waals surface area contributed by atoms with Crippen LogP contribution in [0.15, 0.2) is 5.51 Å². The molecule has 1 aliphatic rings. The molecule has 0 radical (unpaired) electrons. The predicted octanol–water partition coefficient (Wildman–Crippen LogP) is 2.43. The number of aromatic nitrogens is 1. The molecule has 1 aromatic heterocycles. The van der Waals surface area contributed by atoms with Gasteiger partial charge in [0.25, 0.3) is 0 Å². The van der Waals surface area contributed by atoms with Gasteiger partial charge in [-0.1, -0.05) is 0 Å². The molecule has 1 aliphatic heterocycles. The largest absolute Gasteiger partial charge is 0.328 e. The lowest BCUT2D eigenvalue weighted by Crippen LogP contribution is -2.41. The van der Waals surface area contributed by atoms with Gasteiger partial charge in [0.15, 0.2) is 0 Å². The Labute approximate surface area is 114 Å². The average molecular weight is 276 g/mol. The number of piperidine rings is 1. The van der Waals surface area contributed by atoms with Crippen LogP contribution in [0.4, 0.5) is 0 Å². The van der Waals surface area contributed by atoms with Crippen molar-refractivity contribution in [3.63, 3.8) is 0 Å². The van der Waals surface area contributed by atoms with Crippen molar-refractivity contribution in [2.75, 3.05) is 13.1 Å². The molecule has 2 atom stereocenters. The fraction of sp³-hybridized carbons (Fsp3) is 0.750. The summed E-state index contributed by atoms with van der Waals surface area (Å²) in [7, 11) is 0. The van der Waals surface area contributed by atoms with E-state index in [9.17, 15) is 0 Å². The summed E-state index contributed by atoms with van der Waals surface area (Å²) in [5.74, 6) is 0.668. The molecule has 1 aromatic rings. The highest BCUT2D eigenvalue weighted by Gasteiger charge is 2.23. The lowest BCUT2D eigenvalue weighted by atomic mass is 9.92. The Bertz CT molecular complexity index is 340. The molecule has 0 spiro atoms. The summed E-state index contributed by atoms with van der Waals surface area (Å²) < 4.78 is 0. The molecule has 1 saturated heterocycles. The number of aryl methyl sites for hydroxylation is 1. The van der Waals surface area contributed by atoms with E-state index in [1.165, 1.54) is 30.0 Å². The average Bonchev–Trinajstić information content (AvgIpc) is 2.65. The minimum atomic E-state index is 0. The first-order valence-corrected chi connectivity index (χ1v) is 6.91. The molecule has 0 saturated carbocycles. The zero-order valence-corrected chi connectivity index (χ0v) is 12.2. The minimum Gasteiger partial charge on any atom is -0.328 e. The van der Waals surface area contributed by atoms with Gasteiger partial charge < -0.3 is 5.73 Å². The van der Waals surface area contributed by atoms with Crippen LogP contribution in [0.25, 0.3) is 0 Å². The number of rotatable bonds is 3. The zero-order chi connectivity index (χ0) is 11.5. The van der Waals surface area contributed by atoms with Crippen LogP contribution in [0, 0.1) is 12.8 Å². The minimum absolute atomic E-state index is 0. The summed E-state index contributed by atoms with van der Waals surface area (Å²) in [6.45, 7) is 7.64. The molecule has 2 rings (SSSR count). The molecule has 3 nitrogen and oxygen atoms in total. The van der Waals surface area contributed by atoms with Gasteiger partial charge in [0.2, 0.25) is 0 Å². The van der Waals surface area contributed by atoms with Crippen LogP contribution < -0.4 is 5.73 Å². The Balaban J connectivity index is 0.00000144. The number of hydrogen-bond donors (Lipinski definition) is 1. The molecule has 0 bridgehead atoms. The van der Waals surface area contributed by atoms with Crippen LogP contribution in [0.1, 0.15) is 30.3 Å². The normalized spacial score (nSPS) is 23.1. The molecule has 17 heavy (non-hydrogen) atoms. The number of likely N-dealkylation sites (tertiary alicyclic amines) is 1. The molecule has 1 fully saturated rings. The topological polar surface area (TPSA) is 42.2 Å². The van der Waals surface area contributed by atoms with E-state index in [1.807, 2.05) is 5.51 Å². The van der Waals surface area contributed by atoms with E-state index in [2.05, 4.69) is 23.7 Å². The Morgan fingerprint density at radius 2 is 2.41 bits per heavy atom. The van der Waals surface area contributed by atoms with Gasteiger partial charge >= 0.3 is 0 Å². The van der Waals surface area contributed by atoms with Crippen molar-refractivity contribution >= 4 is 23.7 Å². The number of thiazole rings is 1. The SMILES string of the molecule is Cc1ncsc1CN1CCCC(C(C)N)C1.Cl. The number of nitrogens with two attached hydrogens (primary N) is 1. The summed E-state index contributed by atoms with van der Waals surface area (Å²) >= 11 is 1.77. The Hall–Kier alpha value is -0.160. The van der Waals surface area contributed by atoms with Crippen LogP contribution in [0.3, 0.4) is 0 Å². The van der Waals surface area contributed by atoms with Crippen molar-refractivity contribution in [3.8, 4) is 0 Å². The van der Waals surface area contributed by atoms with E-state index >= 15 is 0 Å². The maximum absolute atomic E-state index is 6.00. The van der Waals surface area contributed by atoms with Crippen molar-refractivity contribution < 1.29 is 0 Å². The van der Waals surface area contributed by atoms with E-state index in [4.69, 9.17) is 5.73 Å². The second kappa shape index (κ2) is 6.69. The molecule has 2 heterocycles. The third-order valence-corrected chi connectivity index (χ3v) is 4.42. The fourth-order valence-electron chi connectivity index (χ4n) is 2.35. The second-order valence-corrected chi connectivity index (χ2v) is 5.80. The van der Waals surface area contributed by atoms with Crippen molar-refractivity contribution in [2.45, 2.75) is 39.3 Å². The summed E-state index contributed by atoms with van der Waals surface area (Å²) in [5, 5.41) is 0. The fourth-order valence-corrected chi connectivity index (χ4v) is 3.16. The second-order valence-electron chi connectivity index (χ2n) is 4.86. The van der Waals surface area contributed by atoms with Crippen molar-refractivity contribution in [2.24, 2.45) is 11.7 Å². The lowest BCUT2D eigenvalue weighted by Gasteiger charge is -2.34. The number of hydrogen-bond acceptors (Lipinski definition) is 4. The highest BCUT2D eigenvalue weighted by atomic mass is 35.5. The molecule has 5 heteroatoms. The maximum Gasteiger partial charge on any atom is 0.0798 e. The van der Waals surface area contributed by atoms with Gasteiger partial charge in [-0.2, -0.15) is 0 Å². The molecule has 0 amide bonds. The first kappa shape index (κ1) is 14.9. The summed E-state index contributed by atoms with van der Waals surface area (Å²) in [6, 6.07) is 0.324. The quantitative estimate of drug-likeness (QED) is 0.921. The van der Waals surface area contributed by atoms with E-state index in [0.29, 0.717) is 12.0 Å². The van der Waals surface area contributed by atoms with E-state index in [-0.39, 0.29) is 12.4 Å². The first-order chi connectivity index (χ1) is 7.66. The number of halogens is 1. The monoisotopic (exact) mass is 275 g/mol. The first-order valence-electron chi connectivity index (χ1n) is 6.03. The standard InChI is InChI=1S/C12H21N3S.ClH/c1-9(13)11-4-3-5-15(6-11)7-12-10(2)14-8-16-12;/h8-9,11H,3-7,13H2,1-2H3;1H. The molecule has 2 N–H and O–H groups in total. The molecular weight excluding hydrogens is 254 g/mol. The van der Waals surface area contributed by atoms with Crippen LogP contribution in [0.2, 0.25) is 0 Å². The van der Waals surface area contributed by atoms with Crippen molar-refractivity contribution in [3.05, 3.63) is 16.1 Å². The smallest absolute Gasteiger partial charge is 0.0798 e. The highest BCUT2D eigenvalue weighted by molar-refractivity contribution is 7.09. The Kier molecular flexibility index (Phi) is 5.86. The van der Waals surface area contributed by atoms with Crippen LogP contribution in [-0.4, -0.2) is 29.0 Å². The zero-order valence-electron chi connectivity index (χ0n) is 10.6. The third-order valence-electron chi connectivity index (χ3n) is 3.50. The van der Waals surface area contributed by atoms with Gasteiger partial charge in [-0.3, -0.25) is 4.90 Å². The van der Waals surface area contributed by atoms with Gasteiger partial charge in [-0.25, -0.2) is 4.98 Å². The summed E-state index contributed by atoms with van der Waals surface area (Å²) in [5.41, 5.74) is 9.13. The van der Waals surface area contributed by atoms with Gasteiger partial charge in [0.1, 0.15) is 0 Å². The van der Waals surface area contributed by atoms with E-state index in [1.54, 1.807) is 11.3 Å². The molecule has 98 valence electrons. The Morgan fingerprint density at radius 3 is 3.00 bits per heavy atom. The lowest BCUT2D eigenvalue weighted by molar-refractivity contribution is 0.155. The van der Waals surface area contributed by atoms with Crippen molar-refractivity contribution in [1.82, 2.24) is 9.88 Å². The van der Waals surface area contributed by atoms with E-state index in [0.717, 1.165) is 13.1 Å². The third kappa shape index (κ3) is 3.91. The maximum atomic E-state index is 6.00. The van der Waals surface area contributed by atoms with Gasteiger partial charge in [-0.05, 0) is 39.2 Å². The molecular formula is C12H22ClN3S. The van der Waals surface area contributed by atoms with Crippen LogP contribution in [-0.2, 0) is 6.54 Å². The van der Waals surface area contributed by atoms with Gasteiger partial charge in [0.05, 0.1) is 11.2 Å². The molecule has 0 aromatic carbocycles. The van der Waals surface area contributed by atoms with E-state index < -0.39 is 0 Å². The van der Waals surface area contributed by atoms with Crippen molar-refractivity contribution in [1.29, 1.82) is 0 Å².